The average Bonchev–Trinajstić information content (AvgIpc) is 4.13. The van der Waals surface area contributed by atoms with E-state index in [0.29, 0.717) is 4.88 Å². The topological polar surface area (TPSA) is 62.9 Å². The van der Waals surface area contributed by atoms with Crippen molar-refractivity contribution in [1.29, 1.82) is 0 Å². The van der Waals surface area contributed by atoms with Crippen LogP contribution in [0.2, 0.25) is 0 Å². The first-order valence-electron chi connectivity index (χ1n) is 22.4. The Hall–Kier alpha value is -6.24. The summed E-state index contributed by atoms with van der Waals surface area (Å²) in [6, 6.07) is 41.4. The molecule has 0 unspecified atom stereocenters. The molecule has 67 heavy (non-hydrogen) atoms. The van der Waals surface area contributed by atoms with E-state index in [1.54, 1.807) is 25.6 Å². The number of aromatic carboxylic acids is 1. The van der Waals surface area contributed by atoms with E-state index in [1.165, 1.54) is 102 Å². The standard InChI is InChI=1S/C56H51BN2O4S4/c1-31-23-33(3)50(34(4)24-31)57(51-35(5)25-32(2)26-36(51)6)45-29-47(65-54(45)55-58(57)30-49(67-55)56(60)61)46-27-38(8)53(64-46)48-28-37(7)52(66-48)39-11-13-40(14-12-39)59(41-15-19-43(62-9)20-16-41)42-17-21-44(63-10)22-18-42/h11-30H,1-10H3,(H,60,61). The maximum atomic E-state index is 12.8. The zero-order valence-corrected chi connectivity index (χ0v) is 42.6. The molecule has 0 radical (unpaired) electrons. The van der Waals surface area contributed by atoms with Crippen LogP contribution in [0.3, 0.4) is 0 Å². The second-order valence-electron chi connectivity index (χ2n) is 18.0. The molecule has 0 bridgehead atoms. The molecule has 336 valence electrons. The smallest absolute Gasteiger partial charge is 0.363 e. The van der Waals surface area contributed by atoms with Gasteiger partial charge in [-0.1, -0.05) is 87.2 Å². The van der Waals surface area contributed by atoms with Crippen molar-refractivity contribution in [3.63, 3.8) is 0 Å². The highest BCUT2D eigenvalue weighted by molar-refractivity contribution is 7.31. The summed E-state index contributed by atoms with van der Waals surface area (Å²) in [5.74, 6) is 0.728. The number of carboxylic acids is 1. The minimum absolute atomic E-state index is 0.353. The van der Waals surface area contributed by atoms with Crippen LogP contribution in [0.15, 0.2) is 121 Å². The van der Waals surface area contributed by atoms with Crippen LogP contribution < -0.4 is 35.2 Å². The number of thiophene rings is 3. The first-order chi connectivity index (χ1) is 32.2. The van der Waals surface area contributed by atoms with Gasteiger partial charge in [0.25, 0.3) is 0 Å². The monoisotopic (exact) mass is 954 g/mol. The molecule has 0 amide bonds. The van der Waals surface area contributed by atoms with Crippen molar-refractivity contribution in [1.82, 2.24) is 0 Å². The summed E-state index contributed by atoms with van der Waals surface area (Å²) in [7, 11) is 3.37. The van der Waals surface area contributed by atoms with E-state index in [4.69, 9.17) is 9.47 Å². The number of benzene rings is 5. The van der Waals surface area contributed by atoms with Gasteiger partial charge in [0.05, 0.1) is 19.1 Å². The minimum Gasteiger partial charge on any atom is -0.497 e. The Labute approximate surface area is 409 Å². The molecule has 0 fully saturated rings. The molecule has 0 atom stereocenters. The number of aryl methyl sites for hydroxylation is 8. The summed E-state index contributed by atoms with van der Waals surface area (Å²) in [6.45, 7) is 17.7. The van der Waals surface area contributed by atoms with Crippen molar-refractivity contribution in [2.24, 2.45) is 0 Å². The molecule has 9 aromatic rings. The number of aromatic nitrogens is 1. The number of hydrogen-bond acceptors (Lipinski definition) is 8. The quantitative estimate of drug-likeness (QED) is 0.131. The van der Waals surface area contributed by atoms with Crippen molar-refractivity contribution in [3.8, 4) is 51.3 Å². The SMILES string of the molecule is COc1ccc(N(c2ccc(OC)cc2)c2ccc(-c3sc(-c4sc(-c5cc6c(s5)-c5sc(C(=O)O)c[n+]5[B-]6(c5c(C)cc(C)cc5C)c5c(C)cc(C)cc5C)cc4C)cc3C)cc2)cc1. The van der Waals surface area contributed by atoms with E-state index in [-0.39, 0.29) is 0 Å². The van der Waals surface area contributed by atoms with Gasteiger partial charge in [0.15, 0.2) is 4.88 Å². The lowest BCUT2D eigenvalue weighted by atomic mass is 9.23. The van der Waals surface area contributed by atoms with Crippen molar-refractivity contribution in [2.45, 2.75) is 55.4 Å². The van der Waals surface area contributed by atoms with E-state index in [2.05, 4.69) is 156 Å². The fourth-order valence-electron chi connectivity index (χ4n) is 10.9. The van der Waals surface area contributed by atoms with Gasteiger partial charge in [-0.2, -0.15) is 0 Å². The Morgan fingerprint density at radius 2 is 0.955 bits per heavy atom. The Kier molecular flexibility index (Phi) is 11.4. The van der Waals surface area contributed by atoms with Crippen LogP contribution in [-0.2, 0) is 0 Å². The van der Waals surface area contributed by atoms with Crippen LogP contribution in [0.1, 0.15) is 54.2 Å². The Morgan fingerprint density at radius 1 is 0.522 bits per heavy atom. The first-order valence-corrected chi connectivity index (χ1v) is 25.6. The van der Waals surface area contributed by atoms with Gasteiger partial charge in [-0.05, 0) is 145 Å². The largest absolute Gasteiger partial charge is 0.497 e. The molecular formula is C56H51BN2O4S4. The fraction of sp³-hybridized carbons (Fsp3) is 0.179. The highest BCUT2D eigenvalue weighted by Gasteiger charge is 2.55. The summed E-state index contributed by atoms with van der Waals surface area (Å²) in [4.78, 5) is 22.7. The van der Waals surface area contributed by atoms with Crippen molar-refractivity contribution in [3.05, 3.63) is 171 Å². The highest BCUT2D eigenvalue weighted by atomic mass is 32.1. The molecule has 0 spiro atoms. The molecule has 1 aliphatic heterocycles. The normalized spacial score (nSPS) is 12.6. The van der Waals surface area contributed by atoms with Crippen LogP contribution in [0.25, 0.3) is 39.8 Å². The second kappa shape index (κ2) is 17.1. The van der Waals surface area contributed by atoms with Crippen LogP contribution in [0.5, 0.6) is 11.5 Å². The summed E-state index contributed by atoms with van der Waals surface area (Å²) >= 11 is 6.89. The lowest BCUT2D eigenvalue weighted by Crippen LogP contribution is -2.84. The summed E-state index contributed by atoms with van der Waals surface area (Å²) in [5.41, 5.74) is 17.9. The summed E-state index contributed by atoms with van der Waals surface area (Å²) in [6.07, 6.45) is 0.107. The number of nitrogens with zero attached hydrogens (tertiary/aromatic N) is 2. The molecule has 1 N–H and O–H groups in total. The van der Waals surface area contributed by atoms with Gasteiger partial charge in [0.2, 0.25) is 5.01 Å². The fourth-order valence-corrected chi connectivity index (χ4v) is 15.9. The van der Waals surface area contributed by atoms with Crippen LogP contribution in [0, 0.1) is 55.4 Å². The highest BCUT2D eigenvalue weighted by Crippen LogP contribution is 2.48. The van der Waals surface area contributed by atoms with Gasteiger partial charge < -0.3 is 24.0 Å². The third kappa shape index (κ3) is 7.44. The Morgan fingerprint density at radius 3 is 1.45 bits per heavy atom. The number of carboxylic acid groups (broad SMARTS) is 1. The Balaban J connectivity index is 1.05. The molecular weight excluding hydrogens is 904 g/mol. The summed E-state index contributed by atoms with van der Waals surface area (Å²) in [5, 5.41) is 11.5. The molecule has 0 saturated carbocycles. The van der Waals surface area contributed by atoms with E-state index < -0.39 is 12.3 Å². The molecule has 6 nitrogen and oxygen atoms in total. The third-order valence-electron chi connectivity index (χ3n) is 13.4. The predicted octanol–water partition coefficient (Wildman–Crippen LogP) is 13.4. The zero-order valence-electron chi connectivity index (χ0n) is 39.3. The number of methoxy groups -OCH3 is 2. The van der Waals surface area contributed by atoms with Crippen molar-refractivity contribution in [2.75, 3.05) is 19.1 Å². The van der Waals surface area contributed by atoms with Crippen molar-refractivity contribution < 1.29 is 23.9 Å². The molecule has 0 saturated heterocycles. The minimum atomic E-state index is -1.81. The maximum Gasteiger partial charge on any atom is 0.363 e. The third-order valence-corrected chi connectivity index (χ3v) is 18.7. The zero-order chi connectivity index (χ0) is 47.1. The molecule has 5 heterocycles. The number of fused-ring (bicyclic) bond motifs is 3. The maximum absolute atomic E-state index is 12.8. The van der Waals surface area contributed by atoms with Gasteiger partial charge in [-0.25, -0.2) is 4.79 Å². The Bertz CT molecular complexity index is 3240. The van der Waals surface area contributed by atoms with Gasteiger partial charge >= 0.3 is 12.3 Å². The molecule has 11 heteroatoms. The van der Waals surface area contributed by atoms with Gasteiger partial charge in [-0.15, -0.1) is 50.4 Å². The van der Waals surface area contributed by atoms with Crippen LogP contribution in [0.4, 0.5) is 17.1 Å². The summed E-state index contributed by atoms with van der Waals surface area (Å²) < 4.78 is 13.3. The lowest BCUT2D eigenvalue weighted by molar-refractivity contribution is -0.518. The predicted molar refractivity (Wildman–Crippen MR) is 285 cm³/mol. The van der Waals surface area contributed by atoms with E-state index >= 15 is 0 Å². The second-order valence-corrected chi connectivity index (χ2v) is 22.2. The van der Waals surface area contributed by atoms with Gasteiger partial charge in [-0.3, -0.25) is 0 Å². The van der Waals surface area contributed by atoms with Crippen LogP contribution in [-0.4, -0.2) is 31.6 Å². The molecule has 10 rings (SSSR count). The molecule has 1 aliphatic rings. The number of rotatable bonds is 11. The van der Waals surface area contributed by atoms with E-state index in [1.807, 2.05) is 53.1 Å². The van der Waals surface area contributed by atoms with E-state index in [9.17, 15) is 9.90 Å². The number of anilines is 3. The van der Waals surface area contributed by atoms with Crippen LogP contribution >= 0.6 is 45.3 Å². The number of thiazole rings is 1. The van der Waals surface area contributed by atoms with Crippen molar-refractivity contribution >= 4 is 91.0 Å². The van der Waals surface area contributed by atoms with Gasteiger partial charge in [0, 0.05) is 41.4 Å². The molecule has 5 aromatic carbocycles. The first kappa shape index (κ1) is 44.6. The lowest BCUT2D eigenvalue weighted by Gasteiger charge is -2.37. The number of ether oxygens (including phenoxy) is 2. The molecule has 4 aromatic heterocycles. The molecule has 0 aliphatic carbocycles. The average molecular weight is 955 g/mol. The number of hydrogen-bond donors (Lipinski definition) is 1. The number of carbonyl (C=O) groups is 1. The van der Waals surface area contributed by atoms with Gasteiger partial charge in [0.1, 0.15) is 17.7 Å². The van der Waals surface area contributed by atoms with E-state index in [0.717, 1.165) is 38.4 Å².